The monoisotopic (exact) mass is 376 g/mol. The number of ether oxygens (including phenoxy) is 2. The molecule has 0 N–H and O–H groups in total. The minimum Gasteiger partial charge on any atom is -0.465 e. The van der Waals surface area contributed by atoms with E-state index in [-0.39, 0.29) is 12.2 Å². The van der Waals surface area contributed by atoms with Gasteiger partial charge in [0.05, 0.1) is 19.8 Å². The number of nitriles is 2. The molecule has 0 saturated carbocycles. The average molecular weight is 376 g/mol. The number of nitrogens with zero attached hydrogens (tertiary/aromatic N) is 2. The molecule has 1 atom stereocenters. The second-order valence-corrected chi connectivity index (χ2v) is 6.56. The van der Waals surface area contributed by atoms with Gasteiger partial charge >= 0.3 is 11.9 Å². The van der Waals surface area contributed by atoms with E-state index in [1.165, 1.54) is 18.9 Å². The highest BCUT2D eigenvalue weighted by Crippen LogP contribution is 2.38. The van der Waals surface area contributed by atoms with Crippen molar-refractivity contribution in [1.29, 1.82) is 10.5 Å². The zero-order valence-corrected chi connectivity index (χ0v) is 16.3. The Hall–Kier alpha value is -2.25. The van der Waals surface area contributed by atoms with Crippen LogP contribution in [0.2, 0.25) is 0 Å². The Morgan fingerprint density at radius 1 is 1.19 bits per heavy atom. The molecule has 0 amide bonds. The molecule has 0 fully saturated rings. The molecule has 0 spiro atoms. The van der Waals surface area contributed by atoms with Crippen LogP contribution in [0.25, 0.3) is 0 Å². The first-order valence-electron chi connectivity index (χ1n) is 8.60. The van der Waals surface area contributed by atoms with Crippen molar-refractivity contribution in [3.63, 3.8) is 0 Å². The molecule has 0 heterocycles. The summed E-state index contributed by atoms with van der Waals surface area (Å²) in [6.45, 7) is 1.88. The number of carbonyl (C=O) groups excluding carboxylic acids is 2. The molecule has 0 radical (unpaired) electrons. The fourth-order valence-electron chi connectivity index (χ4n) is 3.03. The van der Waals surface area contributed by atoms with Crippen LogP contribution in [0.1, 0.15) is 45.4 Å². The first kappa shape index (κ1) is 21.8. The van der Waals surface area contributed by atoms with E-state index in [4.69, 9.17) is 9.47 Å². The predicted octanol–water partition coefficient (Wildman–Crippen LogP) is 3.65. The van der Waals surface area contributed by atoms with Crippen molar-refractivity contribution < 1.29 is 19.1 Å². The minimum absolute atomic E-state index is 0.0892. The van der Waals surface area contributed by atoms with Gasteiger partial charge in [-0.3, -0.25) is 4.79 Å². The van der Waals surface area contributed by atoms with Crippen molar-refractivity contribution in [3.05, 3.63) is 21.6 Å². The van der Waals surface area contributed by atoms with Crippen LogP contribution in [0, 0.1) is 28.6 Å². The molecule has 0 aliphatic heterocycles. The normalized spacial score (nSPS) is 19.7. The van der Waals surface area contributed by atoms with E-state index in [0.29, 0.717) is 23.3 Å². The summed E-state index contributed by atoms with van der Waals surface area (Å²) < 4.78 is 9.79. The largest absolute Gasteiger partial charge is 0.465 e. The Labute approximate surface area is 158 Å². The van der Waals surface area contributed by atoms with Gasteiger partial charge in [-0.25, -0.2) is 4.79 Å². The SMILES string of the molecule is CCOC(=O)C(C#N)/C1=C(\C(SC)=C(\C#N)C(=O)OC)CCCCCC1. The van der Waals surface area contributed by atoms with E-state index in [9.17, 15) is 20.1 Å². The van der Waals surface area contributed by atoms with E-state index in [2.05, 4.69) is 6.07 Å². The topological polar surface area (TPSA) is 100 Å². The van der Waals surface area contributed by atoms with Gasteiger partial charge in [0, 0.05) is 4.91 Å². The molecule has 7 heteroatoms. The third-order valence-electron chi connectivity index (χ3n) is 4.22. The van der Waals surface area contributed by atoms with Crippen molar-refractivity contribution in [2.24, 2.45) is 5.92 Å². The first-order chi connectivity index (χ1) is 12.5. The number of esters is 2. The minimum atomic E-state index is -1.03. The number of hydrogen-bond donors (Lipinski definition) is 0. The molecular weight excluding hydrogens is 352 g/mol. The number of carbonyl (C=O) groups is 2. The van der Waals surface area contributed by atoms with Gasteiger partial charge in [0.15, 0.2) is 11.5 Å². The first-order valence-corrected chi connectivity index (χ1v) is 9.83. The number of thioether (sulfide) groups is 1. The lowest BCUT2D eigenvalue weighted by molar-refractivity contribution is -0.145. The summed E-state index contributed by atoms with van der Waals surface area (Å²) in [6.07, 6.45) is 6.68. The third-order valence-corrected chi connectivity index (χ3v) is 5.08. The molecule has 140 valence electrons. The Morgan fingerprint density at radius 2 is 1.85 bits per heavy atom. The van der Waals surface area contributed by atoms with Crippen LogP contribution in [0.3, 0.4) is 0 Å². The molecule has 1 rings (SSSR count). The van der Waals surface area contributed by atoms with Crippen LogP contribution in [-0.2, 0) is 19.1 Å². The van der Waals surface area contributed by atoms with E-state index in [1.54, 1.807) is 13.2 Å². The van der Waals surface area contributed by atoms with Crippen molar-refractivity contribution in [2.75, 3.05) is 20.0 Å². The Kier molecular flexibility index (Phi) is 9.54. The van der Waals surface area contributed by atoms with Crippen molar-refractivity contribution in [2.45, 2.75) is 45.4 Å². The highest BCUT2D eigenvalue weighted by molar-refractivity contribution is 8.02. The molecule has 26 heavy (non-hydrogen) atoms. The van der Waals surface area contributed by atoms with Gasteiger partial charge in [0.25, 0.3) is 0 Å². The molecule has 0 saturated heterocycles. The second kappa shape index (κ2) is 11.4. The number of allylic oxidation sites excluding steroid dienone is 1. The predicted molar refractivity (Wildman–Crippen MR) is 98.6 cm³/mol. The van der Waals surface area contributed by atoms with E-state index in [1.807, 2.05) is 6.07 Å². The summed E-state index contributed by atoms with van der Waals surface area (Å²) >= 11 is 1.26. The Bertz CT molecular complexity index is 683. The van der Waals surface area contributed by atoms with Crippen molar-refractivity contribution in [3.8, 4) is 12.1 Å². The van der Waals surface area contributed by atoms with Crippen molar-refractivity contribution >= 4 is 23.7 Å². The summed E-state index contributed by atoms with van der Waals surface area (Å²) in [7, 11) is 1.22. The van der Waals surface area contributed by atoms with Crippen LogP contribution in [0.5, 0.6) is 0 Å². The molecule has 0 bridgehead atoms. The maximum atomic E-state index is 12.3. The average Bonchev–Trinajstić information content (AvgIpc) is 2.62. The molecule has 1 aliphatic carbocycles. The van der Waals surface area contributed by atoms with Crippen LogP contribution in [0.15, 0.2) is 21.6 Å². The van der Waals surface area contributed by atoms with E-state index in [0.717, 1.165) is 31.3 Å². The van der Waals surface area contributed by atoms with Crippen LogP contribution in [-0.4, -0.2) is 31.9 Å². The number of methoxy groups -OCH3 is 1. The van der Waals surface area contributed by atoms with E-state index < -0.39 is 17.9 Å². The molecule has 0 aromatic carbocycles. The van der Waals surface area contributed by atoms with Gasteiger partial charge in [0.1, 0.15) is 6.07 Å². The van der Waals surface area contributed by atoms with Crippen LogP contribution >= 0.6 is 11.8 Å². The molecule has 0 aromatic rings. The van der Waals surface area contributed by atoms with Gasteiger partial charge in [-0.05, 0) is 50.0 Å². The quantitative estimate of drug-likeness (QED) is 0.396. The lowest BCUT2D eigenvalue weighted by Crippen LogP contribution is -2.21. The van der Waals surface area contributed by atoms with Crippen LogP contribution < -0.4 is 0 Å². The number of rotatable bonds is 6. The van der Waals surface area contributed by atoms with Gasteiger partial charge in [-0.1, -0.05) is 12.8 Å². The summed E-state index contributed by atoms with van der Waals surface area (Å²) in [5.41, 5.74) is 1.30. The highest BCUT2D eigenvalue weighted by Gasteiger charge is 2.30. The van der Waals surface area contributed by atoms with Gasteiger partial charge in [-0.2, -0.15) is 10.5 Å². The maximum Gasteiger partial charge on any atom is 0.349 e. The summed E-state index contributed by atoms with van der Waals surface area (Å²) in [5, 5.41) is 19.1. The smallest absolute Gasteiger partial charge is 0.349 e. The second-order valence-electron chi connectivity index (χ2n) is 5.74. The van der Waals surface area contributed by atoms with E-state index >= 15 is 0 Å². The molecular formula is C19H24N2O4S. The Balaban J connectivity index is 3.63. The zero-order valence-electron chi connectivity index (χ0n) is 15.5. The van der Waals surface area contributed by atoms with Gasteiger partial charge in [0.2, 0.25) is 0 Å². The fourth-order valence-corrected chi connectivity index (χ4v) is 3.84. The molecule has 0 aromatic heterocycles. The lowest BCUT2D eigenvalue weighted by Gasteiger charge is -2.23. The standard InChI is InChI=1S/C19H24N2O4S/c1-4-25-19(23)15(11-20)13-9-7-5-6-8-10-14(13)17(26-3)16(12-21)18(22)24-2/h15H,4-10H2,1-3H3/b14-13-,17-16+. The molecule has 1 aliphatic rings. The fraction of sp³-hybridized carbons (Fsp3) is 0.579. The summed E-state index contributed by atoms with van der Waals surface area (Å²) in [6, 6.07) is 3.97. The third kappa shape index (κ3) is 5.37. The summed E-state index contributed by atoms with van der Waals surface area (Å²) in [5.74, 6) is -2.32. The Morgan fingerprint density at radius 3 is 2.35 bits per heavy atom. The van der Waals surface area contributed by atoms with Gasteiger partial charge in [-0.15, -0.1) is 11.8 Å². The molecule has 6 nitrogen and oxygen atoms in total. The molecule has 1 unspecified atom stereocenters. The van der Waals surface area contributed by atoms with Gasteiger partial charge < -0.3 is 9.47 Å². The lowest BCUT2D eigenvalue weighted by atomic mass is 9.85. The maximum absolute atomic E-state index is 12.3. The summed E-state index contributed by atoms with van der Waals surface area (Å²) in [4.78, 5) is 24.8. The highest BCUT2D eigenvalue weighted by atomic mass is 32.2. The number of hydrogen-bond acceptors (Lipinski definition) is 7. The zero-order chi connectivity index (χ0) is 19.5. The van der Waals surface area contributed by atoms with Crippen molar-refractivity contribution in [1.82, 2.24) is 0 Å². The van der Waals surface area contributed by atoms with Crippen LogP contribution in [0.4, 0.5) is 0 Å².